The Morgan fingerprint density at radius 1 is 0.417 bits per heavy atom. The summed E-state index contributed by atoms with van der Waals surface area (Å²) in [6, 6.07) is 56.8. The molecule has 10 rings (SSSR count). The average Bonchev–Trinajstić information content (AvgIpc) is 3.71. The summed E-state index contributed by atoms with van der Waals surface area (Å²) < 4.78 is 19.2. The molecule has 0 saturated carbocycles. The first-order valence-electron chi connectivity index (χ1n) is 16.1. The molecule has 1 aliphatic heterocycles. The van der Waals surface area contributed by atoms with Crippen molar-refractivity contribution in [2.24, 2.45) is 0 Å². The van der Waals surface area contributed by atoms with Gasteiger partial charge < -0.3 is 13.9 Å². The maximum absolute atomic E-state index is 6.64. The van der Waals surface area contributed by atoms with Crippen molar-refractivity contribution in [2.75, 3.05) is 0 Å². The van der Waals surface area contributed by atoms with Gasteiger partial charge in [-0.05, 0) is 93.0 Å². The summed E-state index contributed by atoms with van der Waals surface area (Å²) in [6.07, 6.45) is 0. The Bertz CT molecular complexity index is 2430. The first-order chi connectivity index (χ1) is 23.8. The maximum atomic E-state index is 6.64. The molecular weight excluding hydrogens is 590 g/mol. The van der Waals surface area contributed by atoms with E-state index in [1.165, 1.54) is 27.8 Å². The van der Waals surface area contributed by atoms with E-state index in [9.17, 15) is 0 Å². The lowest BCUT2D eigenvalue weighted by Crippen LogP contribution is -2.28. The fraction of sp³-hybridized carbons (Fsp3) is 0.0227. The summed E-state index contributed by atoms with van der Waals surface area (Å²) in [5.41, 5.74) is 11.4. The molecule has 0 atom stereocenters. The summed E-state index contributed by atoms with van der Waals surface area (Å²) in [5.74, 6) is 3.40. The van der Waals surface area contributed by atoms with E-state index in [0.717, 1.165) is 33.4 Å². The third-order valence-corrected chi connectivity index (χ3v) is 9.67. The van der Waals surface area contributed by atoms with Gasteiger partial charge in [0.25, 0.3) is 0 Å². The lowest BCUT2D eigenvalue weighted by atomic mass is 9.67. The zero-order valence-electron chi connectivity index (χ0n) is 25.8. The molecule has 0 N–H and O–H groups in total. The first-order valence-corrected chi connectivity index (χ1v) is 16.1. The summed E-state index contributed by atoms with van der Waals surface area (Å²) >= 11 is 0. The van der Waals surface area contributed by atoms with Gasteiger partial charge in [-0.2, -0.15) is 0 Å². The summed E-state index contributed by atoms with van der Waals surface area (Å²) in [6.45, 7) is 0. The van der Waals surface area contributed by atoms with Crippen molar-refractivity contribution in [1.82, 2.24) is 4.98 Å². The molecule has 7 aromatic carbocycles. The fourth-order valence-electron chi connectivity index (χ4n) is 7.50. The zero-order valence-corrected chi connectivity index (χ0v) is 25.8. The Hall–Kier alpha value is -6.39. The van der Waals surface area contributed by atoms with Gasteiger partial charge in [0.2, 0.25) is 5.89 Å². The highest BCUT2D eigenvalue weighted by molar-refractivity contribution is 5.88. The number of rotatable bonds is 4. The zero-order chi connectivity index (χ0) is 31.7. The Morgan fingerprint density at radius 2 is 1.02 bits per heavy atom. The predicted molar refractivity (Wildman–Crippen MR) is 189 cm³/mol. The standard InChI is InChI=1S/C44H27NO3/c1-3-11-31(12-4-1)44(32-13-5-2-6-14-32)35-16-8-7-15-33(35)34-26-41-42(27-36(34)44)46-39-24-23-30(25-40(39)47-41)28-19-21-29(22-20-28)43-45-37-17-9-10-18-38(37)48-43/h1-27H. The number of benzene rings is 7. The number of ether oxygens (including phenoxy) is 2. The van der Waals surface area contributed by atoms with Crippen LogP contribution in [0.15, 0.2) is 168 Å². The Kier molecular flexibility index (Phi) is 5.75. The van der Waals surface area contributed by atoms with Crippen LogP contribution in [0.5, 0.6) is 23.0 Å². The van der Waals surface area contributed by atoms with Crippen LogP contribution >= 0.6 is 0 Å². The van der Waals surface area contributed by atoms with E-state index < -0.39 is 5.41 Å². The highest BCUT2D eigenvalue weighted by Crippen LogP contribution is 2.59. The van der Waals surface area contributed by atoms with Gasteiger partial charge in [0.1, 0.15) is 5.52 Å². The molecule has 0 bridgehead atoms. The number of aromatic nitrogens is 1. The van der Waals surface area contributed by atoms with Crippen LogP contribution in [-0.2, 0) is 5.41 Å². The first kappa shape index (κ1) is 26.8. The highest BCUT2D eigenvalue weighted by atomic mass is 16.6. The minimum Gasteiger partial charge on any atom is -0.450 e. The Balaban J connectivity index is 1.05. The van der Waals surface area contributed by atoms with Crippen molar-refractivity contribution in [3.05, 3.63) is 186 Å². The van der Waals surface area contributed by atoms with E-state index in [1.807, 2.05) is 48.5 Å². The van der Waals surface area contributed by atoms with Crippen LogP contribution < -0.4 is 9.47 Å². The number of hydrogen-bond donors (Lipinski definition) is 0. The number of oxazole rings is 1. The van der Waals surface area contributed by atoms with Crippen LogP contribution in [0.1, 0.15) is 22.3 Å². The number of nitrogens with zero attached hydrogens (tertiary/aromatic N) is 1. The SMILES string of the molecule is c1ccc(C2(c3ccccc3)c3ccccc3-c3cc4c(cc32)Oc2ccc(-c3ccc(-c5nc6ccccc6o5)cc3)cc2O4)cc1. The largest absolute Gasteiger partial charge is 0.450 e. The molecule has 0 radical (unpaired) electrons. The molecule has 0 fully saturated rings. The predicted octanol–water partition coefficient (Wildman–Crippen LogP) is 11.4. The molecule has 0 unspecified atom stereocenters. The molecule has 0 saturated heterocycles. The van der Waals surface area contributed by atoms with E-state index in [2.05, 4.69) is 120 Å². The van der Waals surface area contributed by atoms with Crippen LogP contribution in [0.2, 0.25) is 0 Å². The molecule has 0 spiro atoms. The van der Waals surface area contributed by atoms with Gasteiger partial charge in [-0.3, -0.25) is 0 Å². The summed E-state index contributed by atoms with van der Waals surface area (Å²) in [7, 11) is 0. The monoisotopic (exact) mass is 617 g/mol. The second-order valence-corrected chi connectivity index (χ2v) is 12.3. The molecule has 1 aliphatic carbocycles. The Morgan fingerprint density at radius 3 is 1.79 bits per heavy atom. The second kappa shape index (κ2) is 10.3. The van der Waals surface area contributed by atoms with Crippen molar-refractivity contribution >= 4 is 11.1 Å². The van der Waals surface area contributed by atoms with E-state index in [4.69, 9.17) is 13.9 Å². The van der Waals surface area contributed by atoms with Gasteiger partial charge in [-0.25, -0.2) is 4.98 Å². The molecule has 1 aromatic heterocycles. The smallest absolute Gasteiger partial charge is 0.227 e. The number of para-hydroxylation sites is 2. The minimum atomic E-state index is -0.499. The summed E-state index contributed by atoms with van der Waals surface area (Å²) in [5, 5.41) is 0. The van der Waals surface area contributed by atoms with E-state index in [-0.39, 0.29) is 0 Å². The van der Waals surface area contributed by atoms with Crippen LogP contribution in [0, 0.1) is 0 Å². The molecule has 226 valence electrons. The molecule has 2 heterocycles. The van der Waals surface area contributed by atoms with E-state index >= 15 is 0 Å². The van der Waals surface area contributed by atoms with Crippen LogP contribution in [0.25, 0.3) is 44.8 Å². The van der Waals surface area contributed by atoms with Crippen molar-refractivity contribution < 1.29 is 13.9 Å². The van der Waals surface area contributed by atoms with Crippen molar-refractivity contribution in [3.63, 3.8) is 0 Å². The van der Waals surface area contributed by atoms with Gasteiger partial charge in [0.05, 0.1) is 5.41 Å². The van der Waals surface area contributed by atoms with Gasteiger partial charge in [0, 0.05) is 5.56 Å². The summed E-state index contributed by atoms with van der Waals surface area (Å²) in [4.78, 5) is 4.64. The lowest BCUT2D eigenvalue weighted by molar-refractivity contribution is 0.359. The second-order valence-electron chi connectivity index (χ2n) is 12.3. The van der Waals surface area contributed by atoms with Crippen LogP contribution in [0.3, 0.4) is 0 Å². The van der Waals surface area contributed by atoms with Gasteiger partial charge >= 0.3 is 0 Å². The Labute approximate surface area is 277 Å². The molecule has 0 amide bonds. The third kappa shape index (κ3) is 3.93. The normalized spacial score (nSPS) is 13.5. The third-order valence-electron chi connectivity index (χ3n) is 9.67. The minimum absolute atomic E-state index is 0.499. The van der Waals surface area contributed by atoms with E-state index in [0.29, 0.717) is 28.9 Å². The fourth-order valence-corrected chi connectivity index (χ4v) is 7.50. The molecule has 8 aromatic rings. The van der Waals surface area contributed by atoms with Gasteiger partial charge in [-0.1, -0.05) is 115 Å². The molecule has 4 heteroatoms. The van der Waals surface area contributed by atoms with Crippen LogP contribution in [-0.4, -0.2) is 4.98 Å². The maximum Gasteiger partial charge on any atom is 0.227 e. The highest BCUT2D eigenvalue weighted by Gasteiger charge is 2.47. The average molecular weight is 618 g/mol. The molecule has 4 nitrogen and oxygen atoms in total. The topological polar surface area (TPSA) is 44.5 Å². The van der Waals surface area contributed by atoms with Crippen molar-refractivity contribution in [3.8, 4) is 56.7 Å². The quantitative estimate of drug-likeness (QED) is 0.197. The lowest BCUT2D eigenvalue weighted by Gasteiger charge is -2.34. The van der Waals surface area contributed by atoms with Crippen molar-refractivity contribution in [1.29, 1.82) is 0 Å². The van der Waals surface area contributed by atoms with E-state index in [1.54, 1.807) is 0 Å². The molecule has 2 aliphatic rings. The van der Waals surface area contributed by atoms with Crippen molar-refractivity contribution in [2.45, 2.75) is 5.41 Å². The van der Waals surface area contributed by atoms with Gasteiger partial charge in [0.15, 0.2) is 28.6 Å². The van der Waals surface area contributed by atoms with Crippen LogP contribution in [0.4, 0.5) is 0 Å². The number of hydrogen-bond acceptors (Lipinski definition) is 4. The molecule has 48 heavy (non-hydrogen) atoms. The van der Waals surface area contributed by atoms with Gasteiger partial charge in [-0.15, -0.1) is 0 Å². The number of fused-ring (bicyclic) bond motifs is 6. The molecular formula is C44H27NO3.